The fourth-order valence-corrected chi connectivity index (χ4v) is 3.09. The minimum atomic E-state index is 0.0239. The number of nitrogen functional groups attached to an aromatic ring is 1. The summed E-state index contributed by atoms with van der Waals surface area (Å²) >= 11 is 0. The number of amides is 1. The number of aromatic nitrogens is 1. The molecule has 0 saturated carbocycles. The van der Waals surface area contributed by atoms with E-state index in [1.807, 2.05) is 4.90 Å². The van der Waals surface area contributed by atoms with Gasteiger partial charge in [0.05, 0.1) is 5.56 Å². The van der Waals surface area contributed by atoms with Gasteiger partial charge in [0.1, 0.15) is 0 Å². The molecule has 0 radical (unpaired) electrons. The zero-order valence-corrected chi connectivity index (χ0v) is 11.1. The highest BCUT2D eigenvalue weighted by Gasteiger charge is 2.31. The van der Waals surface area contributed by atoms with Gasteiger partial charge >= 0.3 is 0 Å². The minimum absolute atomic E-state index is 0.0239. The van der Waals surface area contributed by atoms with Crippen LogP contribution >= 0.6 is 0 Å². The zero-order chi connectivity index (χ0) is 13.2. The van der Waals surface area contributed by atoms with E-state index in [4.69, 9.17) is 5.73 Å². The number of carbonyl (C=O) groups is 1. The van der Waals surface area contributed by atoms with E-state index in [2.05, 4.69) is 9.88 Å². The molecular weight excluding hydrogens is 240 g/mol. The van der Waals surface area contributed by atoms with Gasteiger partial charge in [0.2, 0.25) is 0 Å². The second kappa shape index (κ2) is 5.17. The Morgan fingerprint density at radius 2 is 2.21 bits per heavy atom. The molecule has 3 heterocycles. The van der Waals surface area contributed by atoms with E-state index in [1.165, 1.54) is 25.8 Å². The summed E-state index contributed by atoms with van der Waals surface area (Å²) in [6.07, 6.45) is 6.96. The van der Waals surface area contributed by atoms with Crippen molar-refractivity contribution in [2.45, 2.75) is 25.3 Å². The molecule has 5 heteroatoms. The number of anilines is 1. The highest BCUT2D eigenvalue weighted by Crippen LogP contribution is 2.22. The van der Waals surface area contributed by atoms with Gasteiger partial charge in [-0.2, -0.15) is 0 Å². The molecule has 19 heavy (non-hydrogen) atoms. The highest BCUT2D eigenvalue weighted by molar-refractivity contribution is 5.98. The number of pyridine rings is 1. The summed E-state index contributed by atoms with van der Waals surface area (Å²) in [5, 5.41) is 0. The lowest BCUT2D eigenvalue weighted by Crippen LogP contribution is -2.56. The average molecular weight is 260 g/mol. The quantitative estimate of drug-likeness (QED) is 0.817. The second-order valence-electron chi connectivity index (χ2n) is 5.40. The van der Waals surface area contributed by atoms with Gasteiger partial charge in [-0.1, -0.05) is 6.42 Å². The Bertz CT molecular complexity index is 476. The molecule has 2 aliphatic heterocycles. The summed E-state index contributed by atoms with van der Waals surface area (Å²) in [6, 6.07) is 2.22. The van der Waals surface area contributed by atoms with Gasteiger partial charge in [0.15, 0.2) is 0 Å². The number of fused-ring (bicyclic) bond motifs is 1. The van der Waals surface area contributed by atoms with E-state index in [0.717, 1.165) is 19.6 Å². The Morgan fingerprint density at radius 1 is 1.32 bits per heavy atom. The predicted molar refractivity (Wildman–Crippen MR) is 73.8 cm³/mol. The first-order chi connectivity index (χ1) is 9.25. The predicted octanol–water partition coefficient (Wildman–Crippen LogP) is 0.974. The van der Waals surface area contributed by atoms with Crippen molar-refractivity contribution < 1.29 is 4.79 Å². The van der Waals surface area contributed by atoms with E-state index in [0.29, 0.717) is 17.3 Å². The topological polar surface area (TPSA) is 62.5 Å². The SMILES string of the molecule is Nc1ccncc1C(=O)N1CCN2CCCC[C@@H]2C1. The molecule has 0 unspecified atom stereocenters. The summed E-state index contributed by atoms with van der Waals surface area (Å²) in [5.74, 6) is 0.0239. The molecular formula is C14H20N4O. The molecule has 1 aromatic heterocycles. The van der Waals surface area contributed by atoms with Gasteiger partial charge in [-0.25, -0.2) is 0 Å². The maximum Gasteiger partial charge on any atom is 0.257 e. The van der Waals surface area contributed by atoms with Crippen molar-refractivity contribution in [3.63, 3.8) is 0 Å². The number of hydrogen-bond donors (Lipinski definition) is 1. The fraction of sp³-hybridized carbons (Fsp3) is 0.571. The summed E-state index contributed by atoms with van der Waals surface area (Å²) < 4.78 is 0. The van der Waals surface area contributed by atoms with Gasteiger partial charge in [0.25, 0.3) is 5.91 Å². The Hall–Kier alpha value is -1.62. The maximum absolute atomic E-state index is 12.5. The normalized spacial score (nSPS) is 24.0. The second-order valence-corrected chi connectivity index (χ2v) is 5.40. The third-order valence-electron chi connectivity index (χ3n) is 4.21. The van der Waals surface area contributed by atoms with Crippen LogP contribution in [-0.4, -0.2) is 52.9 Å². The molecule has 3 rings (SSSR count). The van der Waals surface area contributed by atoms with Gasteiger partial charge < -0.3 is 10.6 Å². The molecule has 1 amide bonds. The van der Waals surface area contributed by atoms with E-state index in [1.54, 1.807) is 18.5 Å². The highest BCUT2D eigenvalue weighted by atomic mass is 16.2. The molecule has 2 aliphatic rings. The lowest BCUT2D eigenvalue weighted by molar-refractivity contribution is 0.0373. The molecule has 0 bridgehead atoms. The van der Waals surface area contributed by atoms with Crippen LogP contribution in [0.25, 0.3) is 0 Å². The van der Waals surface area contributed by atoms with Crippen molar-refractivity contribution in [3.8, 4) is 0 Å². The molecule has 102 valence electrons. The van der Waals surface area contributed by atoms with Crippen molar-refractivity contribution in [2.24, 2.45) is 0 Å². The van der Waals surface area contributed by atoms with Crippen LogP contribution < -0.4 is 5.73 Å². The molecule has 2 N–H and O–H groups in total. The number of carbonyl (C=O) groups excluding carboxylic acids is 1. The minimum Gasteiger partial charge on any atom is -0.398 e. The molecule has 2 saturated heterocycles. The Labute approximate surface area is 113 Å². The van der Waals surface area contributed by atoms with Crippen molar-refractivity contribution in [1.29, 1.82) is 0 Å². The smallest absolute Gasteiger partial charge is 0.257 e. The largest absolute Gasteiger partial charge is 0.398 e. The molecule has 5 nitrogen and oxygen atoms in total. The molecule has 1 atom stereocenters. The van der Waals surface area contributed by atoms with Crippen molar-refractivity contribution in [2.75, 3.05) is 31.9 Å². The maximum atomic E-state index is 12.5. The van der Waals surface area contributed by atoms with Crippen LogP contribution in [0.5, 0.6) is 0 Å². The molecule has 1 aromatic rings. The first-order valence-corrected chi connectivity index (χ1v) is 6.98. The summed E-state index contributed by atoms with van der Waals surface area (Å²) in [4.78, 5) is 20.9. The van der Waals surface area contributed by atoms with E-state index < -0.39 is 0 Å². The summed E-state index contributed by atoms with van der Waals surface area (Å²) in [6.45, 7) is 3.79. The lowest BCUT2D eigenvalue weighted by Gasteiger charge is -2.44. The standard InChI is InChI=1S/C14H20N4O/c15-13-4-5-16-9-12(13)14(19)18-8-7-17-6-2-1-3-11(17)10-18/h4-5,9,11H,1-3,6-8,10H2,(H2,15,16)/t11-/m1/s1. The first kappa shape index (κ1) is 12.4. The molecule has 2 fully saturated rings. The van der Waals surface area contributed by atoms with E-state index in [9.17, 15) is 4.79 Å². The molecule has 0 spiro atoms. The van der Waals surface area contributed by atoms with Gasteiger partial charge in [-0.3, -0.25) is 14.7 Å². The third-order valence-corrected chi connectivity index (χ3v) is 4.21. The number of nitrogens with two attached hydrogens (primary N) is 1. The Balaban J connectivity index is 1.73. The number of rotatable bonds is 1. The van der Waals surface area contributed by atoms with Crippen LogP contribution in [0.3, 0.4) is 0 Å². The summed E-state index contributed by atoms with van der Waals surface area (Å²) in [7, 11) is 0. The van der Waals surface area contributed by atoms with Gasteiger partial charge in [-0.15, -0.1) is 0 Å². The van der Waals surface area contributed by atoms with Crippen LogP contribution in [-0.2, 0) is 0 Å². The molecule has 0 aromatic carbocycles. The van der Waals surface area contributed by atoms with Gasteiger partial charge in [-0.05, 0) is 25.5 Å². The lowest BCUT2D eigenvalue weighted by atomic mass is 9.99. The van der Waals surface area contributed by atoms with Crippen LogP contribution in [0.2, 0.25) is 0 Å². The third kappa shape index (κ3) is 2.42. The first-order valence-electron chi connectivity index (χ1n) is 6.98. The van der Waals surface area contributed by atoms with Crippen molar-refractivity contribution in [3.05, 3.63) is 24.0 Å². The average Bonchev–Trinajstić information content (AvgIpc) is 2.46. The van der Waals surface area contributed by atoms with Crippen LogP contribution in [0.4, 0.5) is 5.69 Å². The zero-order valence-electron chi connectivity index (χ0n) is 11.1. The van der Waals surface area contributed by atoms with E-state index in [-0.39, 0.29) is 5.91 Å². The van der Waals surface area contributed by atoms with Crippen LogP contribution in [0.1, 0.15) is 29.6 Å². The van der Waals surface area contributed by atoms with Crippen LogP contribution in [0.15, 0.2) is 18.5 Å². The number of piperidine rings is 1. The van der Waals surface area contributed by atoms with Crippen LogP contribution in [0, 0.1) is 0 Å². The number of nitrogens with zero attached hydrogens (tertiary/aromatic N) is 3. The monoisotopic (exact) mass is 260 g/mol. The number of hydrogen-bond acceptors (Lipinski definition) is 4. The summed E-state index contributed by atoms with van der Waals surface area (Å²) in [5.41, 5.74) is 6.92. The molecule has 0 aliphatic carbocycles. The van der Waals surface area contributed by atoms with Gasteiger partial charge in [0, 0.05) is 43.8 Å². The fourth-order valence-electron chi connectivity index (χ4n) is 3.09. The number of piperazine rings is 1. The van der Waals surface area contributed by atoms with E-state index >= 15 is 0 Å². The van der Waals surface area contributed by atoms with Crippen molar-refractivity contribution >= 4 is 11.6 Å². The Morgan fingerprint density at radius 3 is 3.05 bits per heavy atom. The Kier molecular flexibility index (Phi) is 3.38. The van der Waals surface area contributed by atoms with Crippen molar-refractivity contribution in [1.82, 2.24) is 14.8 Å².